The van der Waals surface area contributed by atoms with Crippen molar-refractivity contribution in [3.05, 3.63) is 83.6 Å². The van der Waals surface area contributed by atoms with Gasteiger partial charge in [0, 0.05) is 12.1 Å². The minimum atomic E-state index is -0.378. The highest BCUT2D eigenvalue weighted by molar-refractivity contribution is 6.14. The minimum absolute atomic E-state index is 0.268. The molecular formula is C24H22N2O3. The van der Waals surface area contributed by atoms with Crippen LogP contribution >= 0.6 is 0 Å². The highest BCUT2D eigenvalue weighted by Gasteiger charge is 2.32. The first kappa shape index (κ1) is 18.7. The van der Waals surface area contributed by atoms with Gasteiger partial charge in [-0.15, -0.1) is 0 Å². The van der Waals surface area contributed by atoms with E-state index in [1.165, 1.54) is 10.3 Å². The van der Waals surface area contributed by atoms with Gasteiger partial charge in [0.25, 0.3) is 5.91 Å². The van der Waals surface area contributed by atoms with Gasteiger partial charge in [-0.25, -0.2) is 4.79 Å². The van der Waals surface area contributed by atoms with Crippen molar-refractivity contribution in [1.29, 1.82) is 0 Å². The molecule has 146 valence electrons. The second-order valence-corrected chi connectivity index (χ2v) is 6.91. The third kappa shape index (κ3) is 3.85. The third-order valence-corrected chi connectivity index (χ3v) is 4.89. The maximum atomic E-state index is 12.5. The Labute approximate surface area is 169 Å². The lowest BCUT2D eigenvalue weighted by molar-refractivity contribution is -0.122. The number of amides is 3. The average molecular weight is 386 g/mol. The number of ether oxygens (including phenoxy) is 1. The monoisotopic (exact) mass is 386 g/mol. The maximum absolute atomic E-state index is 12.5. The number of para-hydroxylation sites is 1. The Bertz CT molecular complexity index is 1100. The molecule has 0 radical (unpaired) electrons. The Morgan fingerprint density at radius 2 is 1.72 bits per heavy atom. The first-order valence-corrected chi connectivity index (χ1v) is 9.70. The van der Waals surface area contributed by atoms with Crippen LogP contribution in [-0.4, -0.2) is 23.4 Å². The van der Waals surface area contributed by atoms with Gasteiger partial charge in [0.15, 0.2) is 0 Å². The summed E-state index contributed by atoms with van der Waals surface area (Å²) in [5.41, 5.74) is 2.10. The van der Waals surface area contributed by atoms with Crippen molar-refractivity contribution in [3.8, 4) is 5.75 Å². The molecule has 0 aromatic heterocycles. The molecule has 0 spiro atoms. The number of nitrogens with one attached hydrogen (secondary N) is 1. The Kier molecular flexibility index (Phi) is 5.29. The number of hydrogen-bond acceptors (Lipinski definition) is 3. The molecule has 5 nitrogen and oxygen atoms in total. The van der Waals surface area contributed by atoms with Gasteiger partial charge in [-0.05, 0) is 34.9 Å². The van der Waals surface area contributed by atoms with Gasteiger partial charge in [-0.3, -0.25) is 9.69 Å². The van der Waals surface area contributed by atoms with E-state index in [1.807, 2.05) is 55.5 Å². The second kappa shape index (κ2) is 8.19. The molecule has 0 atom stereocenters. The largest absolute Gasteiger partial charge is 0.488 e. The number of urea groups is 1. The molecule has 1 fully saturated rings. The number of rotatable bonds is 6. The molecule has 3 aromatic rings. The zero-order valence-corrected chi connectivity index (χ0v) is 16.2. The number of fused-ring (bicyclic) bond motifs is 1. The molecule has 3 amide bonds. The lowest BCUT2D eigenvalue weighted by Crippen LogP contribution is -2.31. The van der Waals surface area contributed by atoms with E-state index in [0.717, 1.165) is 22.9 Å². The number of hydrogen-bond donors (Lipinski definition) is 1. The number of carbonyl (C=O) groups excluding carboxylic acids is 2. The summed E-state index contributed by atoms with van der Waals surface area (Å²) in [5, 5.41) is 4.97. The predicted octanol–water partition coefficient (Wildman–Crippen LogP) is 4.72. The lowest BCUT2D eigenvalue weighted by Gasteiger charge is -2.12. The van der Waals surface area contributed by atoms with Crippen molar-refractivity contribution in [2.45, 2.75) is 20.0 Å². The van der Waals surface area contributed by atoms with Crippen LogP contribution in [0.1, 0.15) is 24.5 Å². The van der Waals surface area contributed by atoms with Crippen LogP contribution in [0.4, 0.5) is 4.79 Å². The molecule has 1 aliphatic rings. The van der Waals surface area contributed by atoms with Gasteiger partial charge in [0.2, 0.25) is 0 Å². The van der Waals surface area contributed by atoms with E-state index >= 15 is 0 Å². The molecule has 4 rings (SSSR count). The molecule has 1 N–H and O–H groups in total. The van der Waals surface area contributed by atoms with Crippen molar-refractivity contribution >= 4 is 28.8 Å². The summed E-state index contributed by atoms with van der Waals surface area (Å²) in [6.45, 7) is 2.74. The smallest absolute Gasteiger partial charge is 0.329 e. The summed E-state index contributed by atoms with van der Waals surface area (Å²) in [7, 11) is 0. The quantitative estimate of drug-likeness (QED) is 0.493. The fourth-order valence-electron chi connectivity index (χ4n) is 3.46. The zero-order valence-electron chi connectivity index (χ0n) is 16.2. The molecule has 0 unspecified atom stereocenters. The highest BCUT2D eigenvalue weighted by atomic mass is 16.5. The third-order valence-electron chi connectivity index (χ3n) is 4.89. The van der Waals surface area contributed by atoms with Crippen molar-refractivity contribution in [2.24, 2.45) is 0 Å². The normalized spacial score (nSPS) is 15.2. The van der Waals surface area contributed by atoms with Crippen molar-refractivity contribution in [1.82, 2.24) is 10.2 Å². The predicted molar refractivity (Wildman–Crippen MR) is 113 cm³/mol. The second-order valence-electron chi connectivity index (χ2n) is 6.91. The maximum Gasteiger partial charge on any atom is 0.329 e. The van der Waals surface area contributed by atoms with Gasteiger partial charge in [0.1, 0.15) is 18.1 Å². The Balaban J connectivity index is 1.58. The van der Waals surface area contributed by atoms with E-state index < -0.39 is 0 Å². The van der Waals surface area contributed by atoms with Crippen LogP contribution in [0.25, 0.3) is 16.8 Å². The first-order chi connectivity index (χ1) is 14.2. The molecule has 0 aliphatic carbocycles. The van der Waals surface area contributed by atoms with E-state index in [4.69, 9.17) is 4.74 Å². The fraction of sp³-hybridized carbons (Fsp3) is 0.167. The molecular weight excluding hydrogens is 364 g/mol. The number of carbonyl (C=O) groups is 2. The summed E-state index contributed by atoms with van der Waals surface area (Å²) in [5.74, 6) is 0.352. The topological polar surface area (TPSA) is 58.6 Å². The van der Waals surface area contributed by atoms with Crippen LogP contribution in [0.15, 0.2) is 72.4 Å². The summed E-state index contributed by atoms with van der Waals surface area (Å²) in [4.78, 5) is 25.7. The first-order valence-electron chi connectivity index (χ1n) is 9.70. The Hall–Kier alpha value is -3.60. The van der Waals surface area contributed by atoms with Gasteiger partial charge in [-0.2, -0.15) is 0 Å². The van der Waals surface area contributed by atoms with Gasteiger partial charge in [0.05, 0.1) is 0 Å². The van der Waals surface area contributed by atoms with Crippen LogP contribution < -0.4 is 10.1 Å². The lowest BCUT2D eigenvalue weighted by atomic mass is 10.1. The van der Waals surface area contributed by atoms with Gasteiger partial charge >= 0.3 is 6.03 Å². The van der Waals surface area contributed by atoms with E-state index in [-0.39, 0.29) is 17.6 Å². The van der Waals surface area contributed by atoms with Crippen LogP contribution in [0, 0.1) is 0 Å². The number of nitrogens with zero attached hydrogens (tertiary/aromatic N) is 1. The van der Waals surface area contributed by atoms with Crippen molar-refractivity contribution in [2.75, 3.05) is 6.54 Å². The molecule has 1 saturated heterocycles. The van der Waals surface area contributed by atoms with Gasteiger partial charge in [-0.1, -0.05) is 67.6 Å². The molecule has 0 saturated carbocycles. The van der Waals surface area contributed by atoms with Gasteiger partial charge < -0.3 is 10.1 Å². The number of imide groups is 1. The molecule has 3 aromatic carbocycles. The fourth-order valence-corrected chi connectivity index (χ4v) is 3.46. The van der Waals surface area contributed by atoms with Crippen LogP contribution in [-0.2, 0) is 11.4 Å². The van der Waals surface area contributed by atoms with Crippen LogP contribution in [0.5, 0.6) is 5.75 Å². The Morgan fingerprint density at radius 1 is 0.966 bits per heavy atom. The summed E-state index contributed by atoms with van der Waals surface area (Å²) >= 11 is 0. The van der Waals surface area contributed by atoms with Crippen LogP contribution in [0.2, 0.25) is 0 Å². The molecule has 5 heteroatoms. The molecule has 0 bridgehead atoms. The summed E-state index contributed by atoms with van der Waals surface area (Å²) in [6, 6.07) is 21.5. The standard InChI is InChI=1S/C24H22N2O3/c1-2-14-26-23(27)21(25-24(26)28)15-18-9-4-6-13-22(18)29-16-19-11-7-10-17-8-3-5-12-20(17)19/h3-13,15H,2,14,16H2,1H3,(H,25,28)/b21-15+. The van der Waals surface area contributed by atoms with E-state index in [0.29, 0.717) is 18.9 Å². The highest BCUT2D eigenvalue weighted by Crippen LogP contribution is 2.25. The minimum Gasteiger partial charge on any atom is -0.488 e. The van der Waals surface area contributed by atoms with Crippen LogP contribution in [0.3, 0.4) is 0 Å². The van der Waals surface area contributed by atoms with E-state index in [9.17, 15) is 9.59 Å². The Morgan fingerprint density at radius 3 is 2.59 bits per heavy atom. The SMILES string of the molecule is CCCN1C(=O)N/C(=C/c2ccccc2OCc2cccc3ccccc23)C1=O. The summed E-state index contributed by atoms with van der Waals surface area (Å²) in [6.07, 6.45) is 2.39. The number of benzene rings is 3. The summed E-state index contributed by atoms with van der Waals surface area (Å²) < 4.78 is 6.10. The molecule has 1 heterocycles. The van der Waals surface area contributed by atoms with Crippen molar-refractivity contribution < 1.29 is 14.3 Å². The molecule has 29 heavy (non-hydrogen) atoms. The van der Waals surface area contributed by atoms with Crippen molar-refractivity contribution in [3.63, 3.8) is 0 Å². The zero-order chi connectivity index (χ0) is 20.2. The van der Waals surface area contributed by atoms with E-state index in [2.05, 4.69) is 23.5 Å². The van der Waals surface area contributed by atoms with E-state index in [1.54, 1.807) is 6.08 Å². The average Bonchev–Trinajstić information content (AvgIpc) is 3.01. The molecule has 1 aliphatic heterocycles.